The lowest BCUT2D eigenvalue weighted by Crippen LogP contribution is -2.41. The molecule has 1 aromatic carbocycles. The van der Waals surface area contributed by atoms with Gasteiger partial charge in [-0.15, -0.1) is 0 Å². The van der Waals surface area contributed by atoms with Crippen molar-refractivity contribution in [1.29, 1.82) is 0 Å². The van der Waals surface area contributed by atoms with Gasteiger partial charge in [0.1, 0.15) is 0 Å². The zero-order valence-corrected chi connectivity index (χ0v) is 13.1. The molecule has 0 amide bonds. The largest absolute Gasteiger partial charge is 0.369 e. The second-order valence-electron chi connectivity index (χ2n) is 5.22. The Morgan fingerprint density at radius 1 is 1.20 bits per heavy atom. The summed E-state index contributed by atoms with van der Waals surface area (Å²) in [6.07, 6.45) is 1.02. The van der Waals surface area contributed by atoms with Crippen molar-refractivity contribution in [2.24, 2.45) is 0 Å². The summed E-state index contributed by atoms with van der Waals surface area (Å²) < 4.78 is 23.1. The second-order valence-corrected chi connectivity index (χ2v) is 7.52. The number of para-hydroxylation sites is 1. The van der Waals surface area contributed by atoms with Crippen LogP contribution in [0.15, 0.2) is 24.3 Å². The average Bonchev–Trinajstić information content (AvgIpc) is 2.45. The minimum atomic E-state index is -2.83. The van der Waals surface area contributed by atoms with Crippen LogP contribution in [0.3, 0.4) is 0 Å². The summed E-state index contributed by atoms with van der Waals surface area (Å²) in [5.41, 5.74) is 2.45. The number of nitrogens with zero attached hydrogens (tertiary/aromatic N) is 1. The maximum Gasteiger partial charge on any atom is 0.153 e. The third-order valence-corrected chi connectivity index (χ3v) is 5.47. The van der Waals surface area contributed by atoms with E-state index in [4.69, 9.17) is 0 Å². The van der Waals surface area contributed by atoms with E-state index < -0.39 is 9.84 Å². The topological polar surface area (TPSA) is 49.4 Å². The molecule has 1 fully saturated rings. The molecule has 1 unspecified atom stereocenters. The average molecular weight is 296 g/mol. The molecule has 5 heteroatoms. The summed E-state index contributed by atoms with van der Waals surface area (Å²) in [6, 6.07) is 8.66. The molecule has 0 bridgehead atoms. The normalized spacial score (nSPS) is 19.8. The lowest BCUT2D eigenvalue weighted by molar-refractivity contribution is 0.535. The van der Waals surface area contributed by atoms with E-state index in [0.717, 1.165) is 13.0 Å². The van der Waals surface area contributed by atoms with Crippen LogP contribution in [0, 0.1) is 0 Å². The summed E-state index contributed by atoms with van der Waals surface area (Å²) in [5, 5.41) is 3.50. The van der Waals surface area contributed by atoms with E-state index in [1.54, 1.807) is 0 Å². The van der Waals surface area contributed by atoms with Crippen molar-refractivity contribution >= 4 is 15.5 Å². The van der Waals surface area contributed by atoms with Gasteiger partial charge in [-0.25, -0.2) is 8.42 Å². The molecule has 4 nitrogen and oxygen atoms in total. The molecule has 2 rings (SSSR count). The Morgan fingerprint density at radius 2 is 1.85 bits per heavy atom. The van der Waals surface area contributed by atoms with Gasteiger partial charge in [0.15, 0.2) is 9.84 Å². The fourth-order valence-corrected chi connectivity index (χ4v) is 3.95. The van der Waals surface area contributed by atoms with Gasteiger partial charge in [-0.1, -0.05) is 32.0 Å². The zero-order chi connectivity index (χ0) is 14.6. The highest BCUT2D eigenvalue weighted by Gasteiger charge is 2.24. The van der Waals surface area contributed by atoms with Crippen LogP contribution >= 0.6 is 0 Å². The number of sulfone groups is 1. The van der Waals surface area contributed by atoms with E-state index in [0.29, 0.717) is 19.1 Å². The Hall–Kier alpha value is -1.07. The molecule has 1 N–H and O–H groups in total. The van der Waals surface area contributed by atoms with Crippen molar-refractivity contribution in [3.63, 3.8) is 0 Å². The van der Waals surface area contributed by atoms with Crippen molar-refractivity contribution in [3.8, 4) is 0 Å². The third kappa shape index (κ3) is 3.52. The minimum absolute atomic E-state index is 0.263. The number of hydrogen-bond acceptors (Lipinski definition) is 4. The monoisotopic (exact) mass is 296 g/mol. The molecular weight excluding hydrogens is 272 g/mol. The van der Waals surface area contributed by atoms with Gasteiger partial charge in [0.2, 0.25) is 0 Å². The number of hydrogen-bond donors (Lipinski definition) is 1. The van der Waals surface area contributed by atoms with E-state index in [-0.39, 0.29) is 11.5 Å². The van der Waals surface area contributed by atoms with Crippen LogP contribution in [-0.2, 0) is 9.84 Å². The lowest BCUT2D eigenvalue weighted by atomic mass is 10.0. The van der Waals surface area contributed by atoms with E-state index in [1.165, 1.54) is 11.3 Å². The molecule has 0 aromatic heterocycles. The highest BCUT2D eigenvalue weighted by Crippen LogP contribution is 2.29. The quantitative estimate of drug-likeness (QED) is 0.902. The van der Waals surface area contributed by atoms with Crippen molar-refractivity contribution < 1.29 is 8.42 Å². The number of benzene rings is 1. The van der Waals surface area contributed by atoms with E-state index in [2.05, 4.69) is 42.3 Å². The van der Waals surface area contributed by atoms with Crippen molar-refractivity contribution in [2.75, 3.05) is 36.0 Å². The van der Waals surface area contributed by atoms with Gasteiger partial charge in [-0.3, -0.25) is 0 Å². The molecule has 1 aliphatic rings. The molecule has 1 heterocycles. The van der Waals surface area contributed by atoms with Gasteiger partial charge in [0.25, 0.3) is 0 Å². The number of anilines is 1. The molecule has 1 aromatic rings. The van der Waals surface area contributed by atoms with Gasteiger partial charge in [-0.05, 0) is 24.6 Å². The number of rotatable bonds is 5. The minimum Gasteiger partial charge on any atom is -0.369 e. The van der Waals surface area contributed by atoms with Crippen molar-refractivity contribution in [2.45, 2.75) is 26.3 Å². The van der Waals surface area contributed by atoms with E-state index in [1.807, 2.05) is 6.07 Å². The summed E-state index contributed by atoms with van der Waals surface area (Å²) in [4.78, 5) is 2.20. The highest BCUT2D eigenvalue weighted by molar-refractivity contribution is 7.91. The molecular formula is C15H24N2O2S. The fourth-order valence-electron chi connectivity index (χ4n) is 2.74. The van der Waals surface area contributed by atoms with Gasteiger partial charge in [0.05, 0.1) is 11.5 Å². The van der Waals surface area contributed by atoms with Crippen molar-refractivity contribution in [3.05, 3.63) is 29.8 Å². The maximum atomic E-state index is 11.6. The Morgan fingerprint density at radius 3 is 2.45 bits per heavy atom. The highest BCUT2D eigenvalue weighted by atomic mass is 32.2. The molecule has 0 radical (unpaired) electrons. The van der Waals surface area contributed by atoms with Crippen LogP contribution in [0.2, 0.25) is 0 Å². The van der Waals surface area contributed by atoms with Gasteiger partial charge in [-0.2, -0.15) is 0 Å². The fraction of sp³-hybridized carbons (Fsp3) is 0.600. The Kier molecular flexibility index (Phi) is 5.05. The van der Waals surface area contributed by atoms with E-state index in [9.17, 15) is 8.42 Å². The molecule has 1 atom stereocenters. The predicted molar refractivity (Wildman–Crippen MR) is 84.0 cm³/mol. The van der Waals surface area contributed by atoms with Crippen molar-refractivity contribution in [1.82, 2.24) is 5.32 Å². The first-order valence-electron chi connectivity index (χ1n) is 7.35. The molecule has 112 valence electrons. The molecule has 1 saturated heterocycles. The first kappa shape index (κ1) is 15.3. The van der Waals surface area contributed by atoms with E-state index >= 15 is 0 Å². The van der Waals surface area contributed by atoms with Crippen LogP contribution in [0.4, 0.5) is 5.69 Å². The van der Waals surface area contributed by atoms with Crippen LogP contribution in [0.1, 0.15) is 31.9 Å². The Labute approximate surface area is 122 Å². The van der Waals surface area contributed by atoms with Crippen LogP contribution in [-0.4, -0.2) is 39.6 Å². The van der Waals surface area contributed by atoms with Gasteiger partial charge < -0.3 is 10.2 Å². The summed E-state index contributed by atoms with van der Waals surface area (Å²) >= 11 is 0. The lowest BCUT2D eigenvalue weighted by Gasteiger charge is -2.32. The van der Waals surface area contributed by atoms with Gasteiger partial charge >= 0.3 is 0 Å². The molecule has 0 aliphatic carbocycles. The number of nitrogens with one attached hydrogen (secondary N) is 1. The zero-order valence-electron chi connectivity index (χ0n) is 12.3. The molecule has 0 saturated carbocycles. The second kappa shape index (κ2) is 6.59. The SMILES string of the molecule is CCNC(CC)c1ccccc1N1CCS(=O)(=O)CC1. The maximum absolute atomic E-state index is 11.6. The standard InChI is InChI=1S/C15H24N2O2S/c1-3-14(16-4-2)13-7-5-6-8-15(13)17-9-11-20(18,19)12-10-17/h5-8,14,16H,3-4,9-12H2,1-2H3. The Balaban J connectivity index is 2.24. The first-order valence-corrected chi connectivity index (χ1v) is 9.17. The molecule has 1 aliphatic heterocycles. The summed E-state index contributed by atoms with van der Waals surface area (Å²) in [7, 11) is -2.83. The summed E-state index contributed by atoms with van der Waals surface area (Å²) in [6.45, 7) is 6.41. The predicted octanol–water partition coefficient (Wildman–Crippen LogP) is 1.98. The smallest absolute Gasteiger partial charge is 0.153 e. The van der Waals surface area contributed by atoms with Crippen LogP contribution in [0.25, 0.3) is 0 Å². The van der Waals surface area contributed by atoms with Gasteiger partial charge in [0, 0.05) is 24.8 Å². The summed E-state index contributed by atoms with van der Waals surface area (Å²) in [5.74, 6) is 0.526. The van der Waals surface area contributed by atoms with Crippen LogP contribution < -0.4 is 10.2 Å². The molecule has 20 heavy (non-hydrogen) atoms. The molecule has 0 spiro atoms. The first-order chi connectivity index (χ1) is 9.57. The Bertz CT molecular complexity index is 529. The van der Waals surface area contributed by atoms with Crippen LogP contribution in [0.5, 0.6) is 0 Å². The third-order valence-electron chi connectivity index (χ3n) is 3.86.